The van der Waals surface area contributed by atoms with Crippen molar-refractivity contribution in [3.05, 3.63) is 17.0 Å². The van der Waals surface area contributed by atoms with Gasteiger partial charge in [0.25, 0.3) is 10.0 Å². The van der Waals surface area contributed by atoms with Crippen molar-refractivity contribution < 1.29 is 13.2 Å². The first kappa shape index (κ1) is 24.1. The van der Waals surface area contributed by atoms with Crippen molar-refractivity contribution in [3.8, 4) is 0 Å². The number of nitrogens with one attached hydrogen (secondary N) is 2. The summed E-state index contributed by atoms with van der Waals surface area (Å²) in [6.45, 7) is 7.10. The average Bonchev–Trinajstić information content (AvgIpc) is 3.16. The molecule has 9 heteroatoms. The van der Waals surface area contributed by atoms with Gasteiger partial charge >= 0.3 is 0 Å². The Morgan fingerprint density at radius 1 is 1.28 bits per heavy atom. The lowest BCUT2D eigenvalue weighted by molar-refractivity contribution is 0.0732. The SMILES string of the molecule is CCN(CC)S(=O)(=O)c1ccc(CCNC(=NC)NCC2(CCOC)CCC2)s1. The monoisotopic (exact) mass is 444 g/mol. The molecule has 1 saturated carbocycles. The van der Waals surface area contributed by atoms with Crippen LogP contribution in [0.4, 0.5) is 0 Å². The van der Waals surface area contributed by atoms with Gasteiger partial charge in [-0.05, 0) is 43.2 Å². The zero-order valence-corrected chi connectivity index (χ0v) is 19.8. The molecule has 166 valence electrons. The van der Waals surface area contributed by atoms with Crippen LogP contribution in [0.25, 0.3) is 0 Å². The highest BCUT2D eigenvalue weighted by Gasteiger charge is 2.36. The molecule has 29 heavy (non-hydrogen) atoms. The van der Waals surface area contributed by atoms with Gasteiger partial charge in [-0.1, -0.05) is 20.3 Å². The van der Waals surface area contributed by atoms with E-state index in [1.807, 2.05) is 19.9 Å². The molecular weight excluding hydrogens is 408 g/mol. The largest absolute Gasteiger partial charge is 0.385 e. The summed E-state index contributed by atoms with van der Waals surface area (Å²) in [6, 6.07) is 3.63. The van der Waals surface area contributed by atoms with Crippen LogP contribution in [0, 0.1) is 5.41 Å². The molecule has 2 rings (SSSR count). The fourth-order valence-electron chi connectivity index (χ4n) is 3.63. The van der Waals surface area contributed by atoms with Gasteiger partial charge in [-0.3, -0.25) is 4.99 Å². The quantitative estimate of drug-likeness (QED) is 0.383. The van der Waals surface area contributed by atoms with Crippen LogP contribution in [0.2, 0.25) is 0 Å². The Morgan fingerprint density at radius 3 is 2.55 bits per heavy atom. The van der Waals surface area contributed by atoms with E-state index < -0.39 is 10.0 Å². The molecular formula is C20H36N4O3S2. The predicted molar refractivity (Wildman–Crippen MR) is 120 cm³/mol. The molecule has 0 saturated heterocycles. The van der Waals surface area contributed by atoms with Gasteiger partial charge in [-0.15, -0.1) is 11.3 Å². The maximum Gasteiger partial charge on any atom is 0.252 e. The summed E-state index contributed by atoms with van der Waals surface area (Å²) in [7, 11) is 0.159. The maximum absolute atomic E-state index is 12.6. The van der Waals surface area contributed by atoms with E-state index in [2.05, 4.69) is 15.6 Å². The van der Waals surface area contributed by atoms with Crippen LogP contribution >= 0.6 is 11.3 Å². The third-order valence-electron chi connectivity index (χ3n) is 5.71. The smallest absolute Gasteiger partial charge is 0.252 e. The predicted octanol–water partition coefficient (Wildman–Crippen LogP) is 2.69. The number of hydrogen-bond acceptors (Lipinski definition) is 5. The lowest BCUT2D eigenvalue weighted by atomic mass is 9.67. The second-order valence-corrected chi connectivity index (χ2v) is 10.8. The van der Waals surface area contributed by atoms with E-state index in [9.17, 15) is 8.42 Å². The standard InChI is InChI=1S/C20H36N4O3S2/c1-5-24(6-2)29(25,26)18-9-8-17(28-18)10-14-22-19(21-3)23-16-20(11-7-12-20)13-15-27-4/h8-9H,5-7,10-16H2,1-4H3,(H2,21,22,23). The maximum atomic E-state index is 12.6. The zero-order valence-electron chi connectivity index (χ0n) is 18.2. The molecule has 1 aliphatic carbocycles. The highest BCUT2D eigenvalue weighted by Crippen LogP contribution is 2.43. The zero-order chi connectivity index (χ0) is 21.3. The van der Waals surface area contributed by atoms with Crippen molar-refractivity contribution in [1.29, 1.82) is 0 Å². The number of sulfonamides is 1. The van der Waals surface area contributed by atoms with Crippen LogP contribution in [-0.4, -0.2) is 65.6 Å². The van der Waals surface area contributed by atoms with E-state index >= 15 is 0 Å². The van der Waals surface area contributed by atoms with Crippen molar-refractivity contribution in [3.63, 3.8) is 0 Å². The van der Waals surface area contributed by atoms with Crippen LogP contribution in [-0.2, 0) is 21.2 Å². The Morgan fingerprint density at radius 2 is 2.00 bits per heavy atom. The fraction of sp³-hybridized carbons (Fsp3) is 0.750. The molecule has 1 fully saturated rings. The minimum absolute atomic E-state index is 0.328. The lowest BCUT2D eigenvalue weighted by Gasteiger charge is -2.42. The molecule has 0 spiro atoms. The number of methoxy groups -OCH3 is 1. The minimum Gasteiger partial charge on any atom is -0.385 e. The number of hydrogen-bond donors (Lipinski definition) is 2. The van der Waals surface area contributed by atoms with E-state index in [0.29, 0.717) is 29.3 Å². The highest BCUT2D eigenvalue weighted by atomic mass is 32.2. The summed E-state index contributed by atoms with van der Waals surface area (Å²) in [5.41, 5.74) is 0.328. The fourth-order valence-corrected chi connectivity index (χ4v) is 6.60. The van der Waals surface area contributed by atoms with Gasteiger partial charge in [0.05, 0.1) is 0 Å². The first-order chi connectivity index (χ1) is 13.9. The number of aliphatic imine (C=N–C) groups is 1. The molecule has 0 amide bonds. The summed E-state index contributed by atoms with van der Waals surface area (Å²) in [5.74, 6) is 0.793. The lowest BCUT2D eigenvalue weighted by Crippen LogP contribution is -2.47. The third kappa shape index (κ3) is 6.41. The van der Waals surface area contributed by atoms with Crippen molar-refractivity contribution in [2.45, 2.75) is 50.2 Å². The van der Waals surface area contributed by atoms with E-state index in [1.54, 1.807) is 20.2 Å². The molecule has 1 aromatic heterocycles. The number of thiophene rings is 1. The first-order valence-corrected chi connectivity index (χ1v) is 12.7. The van der Waals surface area contributed by atoms with Gasteiger partial charge < -0.3 is 15.4 Å². The van der Waals surface area contributed by atoms with E-state index in [-0.39, 0.29) is 0 Å². The molecule has 1 aromatic rings. The topological polar surface area (TPSA) is 83.0 Å². The summed E-state index contributed by atoms with van der Waals surface area (Å²) in [5, 5.41) is 6.79. The van der Waals surface area contributed by atoms with E-state index in [0.717, 1.165) is 36.8 Å². The third-order valence-corrected chi connectivity index (χ3v) is 9.37. The minimum atomic E-state index is -3.37. The van der Waals surface area contributed by atoms with Gasteiger partial charge in [0, 0.05) is 51.8 Å². The molecule has 7 nitrogen and oxygen atoms in total. The van der Waals surface area contributed by atoms with Crippen LogP contribution < -0.4 is 10.6 Å². The molecule has 1 aliphatic rings. The molecule has 0 aliphatic heterocycles. The van der Waals surface area contributed by atoms with Crippen molar-refractivity contribution in [2.75, 3.05) is 46.9 Å². The van der Waals surface area contributed by atoms with Crippen LogP contribution in [0.3, 0.4) is 0 Å². The van der Waals surface area contributed by atoms with Gasteiger partial charge in [0.2, 0.25) is 0 Å². The Labute approximate surface area is 180 Å². The van der Waals surface area contributed by atoms with Crippen molar-refractivity contribution >= 4 is 27.3 Å². The van der Waals surface area contributed by atoms with Gasteiger partial charge in [-0.25, -0.2) is 8.42 Å². The molecule has 1 heterocycles. The molecule has 0 radical (unpaired) electrons. The highest BCUT2D eigenvalue weighted by molar-refractivity contribution is 7.91. The number of rotatable bonds is 12. The summed E-state index contributed by atoms with van der Waals surface area (Å²) < 4.78 is 32.4. The molecule has 0 aromatic carbocycles. The summed E-state index contributed by atoms with van der Waals surface area (Å²) in [6.07, 6.45) is 5.59. The van der Waals surface area contributed by atoms with Gasteiger partial charge in [0.15, 0.2) is 5.96 Å². The number of nitrogens with zero attached hydrogens (tertiary/aromatic N) is 2. The van der Waals surface area contributed by atoms with E-state index in [1.165, 1.54) is 34.9 Å². The van der Waals surface area contributed by atoms with Crippen molar-refractivity contribution in [2.24, 2.45) is 10.4 Å². The second-order valence-electron chi connectivity index (χ2n) is 7.51. The molecule has 0 unspecified atom stereocenters. The Balaban J connectivity index is 1.82. The first-order valence-electron chi connectivity index (χ1n) is 10.4. The Kier molecular flexibility index (Phi) is 9.39. The van der Waals surface area contributed by atoms with Crippen LogP contribution in [0.5, 0.6) is 0 Å². The average molecular weight is 445 g/mol. The molecule has 0 atom stereocenters. The van der Waals surface area contributed by atoms with Gasteiger partial charge in [0.1, 0.15) is 4.21 Å². The van der Waals surface area contributed by atoms with E-state index in [4.69, 9.17) is 4.74 Å². The van der Waals surface area contributed by atoms with Crippen LogP contribution in [0.1, 0.15) is 44.4 Å². The summed E-state index contributed by atoms with van der Waals surface area (Å²) >= 11 is 1.35. The molecule has 2 N–H and O–H groups in total. The Bertz CT molecular complexity index is 754. The van der Waals surface area contributed by atoms with Crippen molar-refractivity contribution in [1.82, 2.24) is 14.9 Å². The second kappa shape index (κ2) is 11.3. The normalized spacial score (nSPS) is 16.7. The van der Waals surface area contributed by atoms with Crippen LogP contribution in [0.15, 0.2) is 21.3 Å². The summed E-state index contributed by atoms with van der Waals surface area (Å²) in [4.78, 5) is 5.37. The number of ether oxygens (including phenoxy) is 1. The van der Waals surface area contributed by atoms with Gasteiger partial charge in [-0.2, -0.15) is 4.31 Å². The molecule has 0 bridgehead atoms. The number of guanidine groups is 1. The Hall–Kier alpha value is -1.16.